The third kappa shape index (κ3) is 5.27. The second-order valence-corrected chi connectivity index (χ2v) is 16.1. The average molecular weight is 662 g/mol. The summed E-state index contributed by atoms with van der Waals surface area (Å²) < 4.78 is 0. The maximum absolute atomic E-state index is 12.6. The smallest absolute Gasteiger partial charge is 0.306 e. The van der Waals surface area contributed by atoms with E-state index in [9.17, 15) is 9.90 Å². The molecule has 5 saturated heterocycles. The van der Waals surface area contributed by atoms with E-state index >= 15 is 0 Å². The first kappa shape index (κ1) is 31.1. The first-order valence-corrected chi connectivity index (χ1v) is 18.4. The van der Waals surface area contributed by atoms with Gasteiger partial charge in [-0.3, -0.25) is 47.3 Å². The minimum atomic E-state index is -0.607. The summed E-state index contributed by atoms with van der Waals surface area (Å²) in [6.07, 6.45) is 20.5. The number of carboxylic acid groups (broad SMARTS) is 1. The van der Waals surface area contributed by atoms with Gasteiger partial charge < -0.3 is 5.11 Å². The van der Waals surface area contributed by atoms with E-state index in [1.165, 1.54) is 77.0 Å². The van der Waals surface area contributed by atoms with Gasteiger partial charge in [-0.1, -0.05) is 44.9 Å². The van der Waals surface area contributed by atoms with Crippen molar-refractivity contribution in [2.45, 2.75) is 146 Å². The molecule has 0 aromatic carbocycles. The van der Waals surface area contributed by atoms with Crippen LogP contribution in [0.3, 0.4) is 0 Å². The molecule has 0 amide bonds. The quantitative estimate of drug-likeness (QED) is 0.192. The molecule has 8 bridgehead atoms. The third-order valence-corrected chi connectivity index (χ3v) is 14.2. The summed E-state index contributed by atoms with van der Waals surface area (Å²) in [5.41, 5.74) is 0. The number of nitrogens with one attached hydrogen (secondary N) is 8. The Bertz CT molecular complexity index is 1050. The predicted octanol–water partition coefficient (Wildman–Crippen LogP) is 1.91. The van der Waals surface area contributed by atoms with Gasteiger partial charge >= 0.3 is 5.97 Å². The fourth-order valence-electron chi connectivity index (χ4n) is 12.3. The van der Waals surface area contributed by atoms with E-state index < -0.39 is 5.97 Å². The van der Waals surface area contributed by atoms with Crippen LogP contribution in [-0.4, -0.2) is 60.4 Å². The van der Waals surface area contributed by atoms with Crippen LogP contribution in [-0.2, 0) is 24.3 Å². The molecular formula is C33H56N8O2Zn. The zero-order valence-electron chi connectivity index (χ0n) is 26.5. The Morgan fingerprint density at radius 3 is 0.977 bits per heavy atom. The Balaban J connectivity index is 0.00000289. The second kappa shape index (κ2) is 12.7. The van der Waals surface area contributed by atoms with Crippen LogP contribution in [0.1, 0.15) is 96.3 Å². The number of carbonyl (C=O) groups is 1. The molecular weight excluding hydrogens is 606 g/mol. The molecule has 9 fully saturated rings. The van der Waals surface area contributed by atoms with Crippen molar-refractivity contribution in [1.29, 1.82) is 0 Å². The number of rotatable bonds is 1. The van der Waals surface area contributed by atoms with Crippen molar-refractivity contribution in [1.82, 2.24) is 42.5 Å². The van der Waals surface area contributed by atoms with Gasteiger partial charge in [0.25, 0.3) is 0 Å². The molecule has 17 unspecified atom stereocenters. The van der Waals surface area contributed by atoms with Gasteiger partial charge in [-0.15, -0.1) is 0 Å². The molecule has 9 N–H and O–H groups in total. The van der Waals surface area contributed by atoms with Crippen molar-refractivity contribution in [3.63, 3.8) is 0 Å². The number of hydrogen-bond acceptors (Lipinski definition) is 9. The van der Waals surface area contributed by atoms with Crippen molar-refractivity contribution in [2.75, 3.05) is 0 Å². The monoisotopic (exact) mass is 660 g/mol. The van der Waals surface area contributed by atoms with Gasteiger partial charge in [0.2, 0.25) is 0 Å². The van der Waals surface area contributed by atoms with Crippen LogP contribution in [0.4, 0.5) is 0 Å². The van der Waals surface area contributed by atoms with E-state index in [-0.39, 0.29) is 56.0 Å². The molecule has 5 heterocycles. The normalized spacial score (nSPS) is 54.8. The van der Waals surface area contributed by atoms with Crippen LogP contribution in [0, 0.1) is 53.3 Å². The molecule has 9 rings (SSSR count). The van der Waals surface area contributed by atoms with Crippen LogP contribution in [0.5, 0.6) is 0 Å². The summed E-state index contributed by atoms with van der Waals surface area (Å²) in [4.78, 5) is 12.6. The van der Waals surface area contributed by atoms with E-state index in [2.05, 4.69) is 42.5 Å². The molecule has 5 aliphatic heterocycles. The van der Waals surface area contributed by atoms with Gasteiger partial charge in [0.15, 0.2) is 0 Å². The predicted molar refractivity (Wildman–Crippen MR) is 164 cm³/mol. The van der Waals surface area contributed by atoms with Crippen molar-refractivity contribution in [3.8, 4) is 0 Å². The first-order valence-electron chi connectivity index (χ1n) is 18.4. The molecule has 17 atom stereocenters. The Kier molecular flexibility index (Phi) is 8.94. The number of aliphatic carboxylic acids is 1. The topological polar surface area (TPSA) is 134 Å². The number of hydrogen-bond donors (Lipinski definition) is 9. The fourth-order valence-corrected chi connectivity index (χ4v) is 12.3. The van der Waals surface area contributed by atoms with Gasteiger partial charge in [0.05, 0.1) is 55.2 Å². The summed E-state index contributed by atoms with van der Waals surface area (Å²) in [7, 11) is 0. The molecule has 0 radical (unpaired) electrons. The fraction of sp³-hybridized carbons (Fsp3) is 0.970. The SMILES string of the molecule is O=C(O)C1CCCC2C3NC4NC(NC5NC(NC6NC(NC(N3)C12)C1CCCCC61)C1CCCCC51)C1CCCCC41.[Zn]. The molecule has 0 aromatic heterocycles. The molecule has 242 valence electrons. The molecule has 4 saturated carbocycles. The van der Waals surface area contributed by atoms with Crippen molar-refractivity contribution < 1.29 is 29.4 Å². The van der Waals surface area contributed by atoms with Gasteiger partial charge in [0, 0.05) is 25.4 Å². The minimum Gasteiger partial charge on any atom is -0.481 e. The molecule has 9 aliphatic rings. The van der Waals surface area contributed by atoms with Gasteiger partial charge in [-0.25, -0.2) is 0 Å². The van der Waals surface area contributed by atoms with Crippen molar-refractivity contribution >= 4 is 5.97 Å². The summed E-state index contributed by atoms with van der Waals surface area (Å²) >= 11 is 0. The van der Waals surface area contributed by atoms with E-state index in [1.807, 2.05) is 0 Å². The minimum absolute atomic E-state index is 0. The summed E-state index contributed by atoms with van der Waals surface area (Å²) in [6, 6.07) is 0. The summed E-state index contributed by atoms with van der Waals surface area (Å²) in [5.74, 6) is 3.36. The van der Waals surface area contributed by atoms with E-state index in [1.54, 1.807) is 0 Å². The zero-order chi connectivity index (χ0) is 28.7. The molecule has 10 nitrogen and oxygen atoms in total. The standard InChI is InChI=1S/C33H56N8O2.Zn/c42-33(43)23-15-7-14-22-24(23)32-40-30-21-13-6-5-12-20(21)28(38-30)36-26-17-9-2-1-8-16(17)25(34-26)35-27-18-10-3-4-11-19(18)29(37-27)39-31(22)41-32;/h16-32,34-41H,1-15H2,(H,42,43);. The molecule has 0 spiro atoms. The Hall–Kier alpha value is -0.227. The van der Waals surface area contributed by atoms with E-state index in [4.69, 9.17) is 0 Å². The average Bonchev–Trinajstić information content (AvgIpc) is 3.76. The van der Waals surface area contributed by atoms with E-state index in [0.717, 1.165) is 19.3 Å². The third-order valence-electron chi connectivity index (χ3n) is 14.2. The van der Waals surface area contributed by atoms with Crippen molar-refractivity contribution in [2.24, 2.45) is 53.3 Å². The van der Waals surface area contributed by atoms with Crippen molar-refractivity contribution in [3.05, 3.63) is 0 Å². The maximum Gasteiger partial charge on any atom is 0.306 e. The van der Waals surface area contributed by atoms with Crippen LogP contribution < -0.4 is 42.5 Å². The van der Waals surface area contributed by atoms with Crippen LogP contribution >= 0.6 is 0 Å². The molecule has 11 heteroatoms. The molecule has 44 heavy (non-hydrogen) atoms. The van der Waals surface area contributed by atoms with Crippen LogP contribution in [0.25, 0.3) is 0 Å². The number of fused-ring (bicyclic) bond motifs is 20. The van der Waals surface area contributed by atoms with Crippen LogP contribution in [0.15, 0.2) is 0 Å². The zero-order valence-corrected chi connectivity index (χ0v) is 29.5. The summed E-state index contributed by atoms with van der Waals surface area (Å²) in [6.45, 7) is 0. The number of carboxylic acids is 1. The van der Waals surface area contributed by atoms with Gasteiger partial charge in [-0.2, -0.15) is 0 Å². The molecule has 4 aliphatic carbocycles. The van der Waals surface area contributed by atoms with Crippen LogP contribution in [0.2, 0.25) is 0 Å². The molecule has 0 aromatic rings. The Morgan fingerprint density at radius 2 is 0.659 bits per heavy atom. The first-order chi connectivity index (χ1) is 21.1. The largest absolute Gasteiger partial charge is 0.481 e. The maximum atomic E-state index is 12.6. The Labute approximate surface area is 276 Å². The van der Waals surface area contributed by atoms with Gasteiger partial charge in [-0.05, 0) is 92.8 Å². The van der Waals surface area contributed by atoms with E-state index in [0.29, 0.717) is 66.1 Å². The second-order valence-electron chi connectivity index (χ2n) is 16.1. The Morgan fingerprint density at radius 1 is 0.386 bits per heavy atom. The summed E-state index contributed by atoms with van der Waals surface area (Å²) in [5, 5.41) is 43.3. The van der Waals surface area contributed by atoms with Gasteiger partial charge in [0.1, 0.15) is 0 Å².